The molecule has 164 valence electrons. The molecule has 0 aliphatic heterocycles. The zero-order chi connectivity index (χ0) is 22.8. The molecule has 4 rings (SSSR count). The Bertz CT molecular complexity index is 1410. The number of furan rings is 1. The molecule has 1 amide bonds. The highest BCUT2D eigenvalue weighted by Crippen LogP contribution is 2.26. The molecule has 0 saturated carbocycles. The van der Waals surface area contributed by atoms with Crippen LogP contribution in [0.5, 0.6) is 0 Å². The van der Waals surface area contributed by atoms with E-state index in [0.717, 1.165) is 22.7 Å². The number of anilines is 1. The van der Waals surface area contributed by atoms with E-state index in [1.165, 1.54) is 30.5 Å². The van der Waals surface area contributed by atoms with Crippen LogP contribution in [0.15, 0.2) is 61.7 Å². The molecule has 0 spiro atoms. The molecule has 0 saturated heterocycles. The zero-order valence-corrected chi connectivity index (χ0v) is 18.6. The van der Waals surface area contributed by atoms with Gasteiger partial charge in [-0.2, -0.15) is 0 Å². The summed E-state index contributed by atoms with van der Waals surface area (Å²) in [6, 6.07) is 11.0. The van der Waals surface area contributed by atoms with Crippen LogP contribution in [0, 0.1) is 0 Å². The Kier molecular flexibility index (Phi) is 5.95. The maximum atomic E-state index is 12.8. The molecule has 0 atom stereocenters. The molecule has 32 heavy (non-hydrogen) atoms. The smallest absolute Gasteiger partial charge is 0.332 e. The van der Waals surface area contributed by atoms with E-state index in [1.54, 1.807) is 12.1 Å². The molecular formula is C22H21N5O4S. The van der Waals surface area contributed by atoms with E-state index >= 15 is 0 Å². The van der Waals surface area contributed by atoms with E-state index in [1.807, 2.05) is 24.3 Å². The van der Waals surface area contributed by atoms with E-state index < -0.39 is 11.2 Å². The third-order valence-corrected chi connectivity index (χ3v) is 5.97. The maximum Gasteiger partial charge on any atom is 0.332 e. The number of carbonyl (C=O) groups excluding carboxylic acids is 1. The lowest BCUT2D eigenvalue weighted by Crippen LogP contribution is -2.37. The molecule has 0 radical (unpaired) electrons. The summed E-state index contributed by atoms with van der Waals surface area (Å²) in [6.45, 7) is 2.06. The molecule has 1 aromatic carbocycles. The van der Waals surface area contributed by atoms with Gasteiger partial charge in [0.25, 0.3) is 5.56 Å². The number of nitrogens with one attached hydrogen (secondary N) is 1. The predicted molar refractivity (Wildman–Crippen MR) is 123 cm³/mol. The Labute approximate surface area is 187 Å². The summed E-state index contributed by atoms with van der Waals surface area (Å²) in [7, 11) is 2.93. The Morgan fingerprint density at radius 2 is 1.84 bits per heavy atom. The van der Waals surface area contributed by atoms with E-state index in [0.29, 0.717) is 16.5 Å². The number of thioether (sulfide) groups is 1. The second-order valence-electron chi connectivity index (χ2n) is 7.12. The molecule has 0 unspecified atom stereocenters. The number of nitrogens with zero attached hydrogens (tertiary/aromatic N) is 4. The summed E-state index contributed by atoms with van der Waals surface area (Å²) in [6.07, 6.45) is 2.40. The average molecular weight is 452 g/mol. The van der Waals surface area contributed by atoms with Gasteiger partial charge in [-0.25, -0.2) is 14.8 Å². The minimum atomic E-state index is -0.521. The fourth-order valence-corrected chi connectivity index (χ4v) is 4.02. The van der Waals surface area contributed by atoms with E-state index in [4.69, 9.17) is 4.42 Å². The van der Waals surface area contributed by atoms with Gasteiger partial charge in [0.1, 0.15) is 10.4 Å². The fourth-order valence-electron chi connectivity index (χ4n) is 3.20. The van der Waals surface area contributed by atoms with Crippen molar-refractivity contribution in [3.63, 3.8) is 0 Å². The number of fused-ring (bicyclic) bond motifs is 1. The summed E-state index contributed by atoms with van der Waals surface area (Å²) in [5.41, 5.74) is 1.02. The number of aryl methyl sites for hydroxylation is 2. The van der Waals surface area contributed by atoms with Gasteiger partial charge >= 0.3 is 5.69 Å². The average Bonchev–Trinajstić information content (AvgIpc) is 3.35. The largest absolute Gasteiger partial charge is 0.461 e. The van der Waals surface area contributed by atoms with Crippen LogP contribution in [0.2, 0.25) is 0 Å². The maximum absolute atomic E-state index is 12.8. The molecule has 0 aliphatic carbocycles. The van der Waals surface area contributed by atoms with Gasteiger partial charge in [0, 0.05) is 19.8 Å². The van der Waals surface area contributed by atoms with Crippen molar-refractivity contribution >= 4 is 34.4 Å². The molecule has 3 heterocycles. The molecular weight excluding hydrogens is 430 g/mol. The summed E-state index contributed by atoms with van der Waals surface area (Å²) >= 11 is 1.10. The number of benzene rings is 1. The van der Waals surface area contributed by atoms with E-state index in [-0.39, 0.29) is 28.5 Å². The number of carbonyl (C=O) groups is 1. The molecule has 9 nitrogen and oxygen atoms in total. The minimum Gasteiger partial charge on any atom is -0.461 e. The van der Waals surface area contributed by atoms with Crippen LogP contribution in [0.3, 0.4) is 0 Å². The lowest BCUT2D eigenvalue weighted by molar-refractivity contribution is -0.113. The van der Waals surface area contributed by atoms with Gasteiger partial charge in [-0.05, 0) is 36.2 Å². The van der Waals surface area contributed by atoms with Crippen molar-refractivity contribution in [1.82, 2.24) is 19.1 Å². The Morgan fingerprint density at radius 3 is 2.50 bits per heavy atom. The third kappa shape index (κ3) is 4.09. The van der Waals surface area contributed by atoms with Crippen LogP contribution in [0.1, 0.15) is 12.5 Å². The first-order chi connectivity index (χ1) is 15.4. The summed E-state index contributed by atoms with van der Waals surface area (Å²) < 4.78 is 7.67. The van der Waals surface area contributed by atoms with Gasteiger partial charge in [-0.15, -0.1) is 0 Å². The van der Waals surface area contributed by atoms with Gasteiger partial charge < -0.3 is 9.73 Å². The van der Waals surface area contributed by atoms with Gasteiger partial charge in [0.15, 0.2) is 17.2 Å². The Morgan fingerprint density at radius 1 is 1.09 bits per heavy atom. The van der Waals surface area contributed by atoms with Crippen molar-refractivity contribution in [1.29, 1.82) is 0 Å². The van der Waals surface area contributed by atoms with Crippen molar-refractivity contribution in [2.45, 2.75) is 18.4 Å². The van der Waals surface area contributed by atoms with Crippen LogP contribution < -0.4 is 16.6 Å². The van der Waals surface area contributed by atoms with Crippen LogP contribution >= 0.6 is 11.8 Å². The molecule has 1 N–H and O–H groups in total. The van der Waals surface area contributed by atoms with Gasteiger partial charge in [0.2, 0.25) is 5.91 Å². The Balaban J connectivity index is 1.69. The van der Waals surface area contributed by atoms with Gasteiger partial charge in [-0.1, -0.05) is 30.8 Å². The monoisotopic (exact) mass is 451 g/mol. The lowest BCUT2D eigenvalue weighted by Gasteiger charge is -2.11. The first-order valence-corrected chi connectivity index (χ1v) is 10.9. The molecule has 3 aromatic heterocycles. The van der Waals surface area contributed by atoms with Crippen LogP contribution in [-0.2, 0) is 25.3 Å². The van der Waals surface area contributed by atoms with Crippen molar-refractivity contribution < 1.29 is 9.21 Å². The first kappa shape index (κ1) is 21.6. The highest BCUT2D eigenvalue weighted by molar-refractivity contribution is 8.00. The first-order valence-electron chi connectivity index (χ1n) is 9.92. The minimum absolute atomic E-state index is 0.0191. The quantitative estimate of drug-likeness (QED) is 0.354. The van der Waals surface area contributed by atoms with Crippen molar-refractivity contribution in [2.75, 3.05) is 11.1 Å². The number of aromatic nitrogens is 4. The third-order valence-electron chi connectivity index (χ3n) is 4.99. The number of hydrogen-bond acceptors (Lipinski definition) is 7. The van der Waals surface area contributed by atoms with Gasteiger partial charge in [-0.3, -0.25) is 18.7 Å². The van der Waals surface area contributed by atoms with Crippen molar-refractivity contribution in [2.24, 2.45) is 14.1 Å². The SMILES string of the molecule is CCc1ccc(NC(=O)CSc2nc(-c3ccco3)nc3c2c(=O)n(C)c(=O)n3C)cc1. The number of hydrogen-bond donors (Lipinski definition) is 1. The van der Waals surface area contributed by atoms with Crippen molar-refractivity contribution in [3.05, 3.63) is 69.1 Å². The fraction of sp³-hybridized carbons (Fsp3) is 0.227. The lowest BCUT2D eigenvalue weighted by atomic mass is 10.1. The van der Waals surface area contributed by atoms with Crippen LogP contribution in [-0.4, -0.2) is 30.8 Å². The second-order valence-corrected chi connectivity index (χ2v) is 8.09. The summed E-state index contributed by atoms with van der Waals surface area (Å²) in [5, 5.41) is 3.32. The summed E-state index contributed by atoms with van der Waals surface area (Å²) in [4.78, 5) is 46.6. The van der Waals surface area contributed by atoms with E-state index in [9.17, 15) is 14.4 Å². The standard InChI is InChI=1S/C22H21N5O4S/c1-4-13-7-9-14(10-8-13)23-16(28)12-32-20-17-19(26(2)22(30)27(3)21(17)29)24-18(25-20)15-6-5-11-31-15/h5-11H,4,12H2,1-3H3,(H,23,28). The molecule has 10 heteroatoms. The molecule has 0 bridgehead atoms. The molecule has 4 aromatic rings. The second kappa shape index (κ2) is 8.83. The highest BCUT2D eigenvalue weighted by Gasteiger charge is 2.20. The number of rotatable bonds is 6. The van der Waals surface area contributed by atoms with E-state index in [2.05, 4.69) is 22.2 Å². The summed E-state index contributed by atoms with van der Waals surface area (Å²) in [5.74, 6) is 0.393. The topological polar surface area (TPSA) is 112 Å². The van der Waals surface area contributed by atoms with Gasteiger partial charge in [0.05, 0.1) is 12.0 Å². The van der Waals surface area contributed by atoms with Crippen LogP contribution in [0.4, 0.5) is 5.69 Å². The van der Waals surface area contributed by atoms with Crippen molar-refractivity contribution in [3.8, 4) is 11.6 Å². The normalized spacial score (nSPS) is 11.1. The Hall–Kier alpha value is -3.66. The highest BCUT2D eigenvalue weighted by atomic mass is 32.2. The molecule has 0 aliphatic rings. The number of amides is 1. The van der Waals surface area contributed by atoms with Crippen LogP contribution in [0.25, 0.3) is 22.6 Å². The molecule has 0 fully saturated rings. The predicted octanol–water partition coefficient (Wildman–Crippen LogP) is 2.58. The zero-order valence-electron chi connectivity index (χ0n) is 17.8.